The quantitative estimate of drug-likeness (QED) is 0.640. The van der Waals surface area contributed by atoms with Crippen LogP contribution in [0.4, 0.5) is 5.00 Å². The van der Waals surface area contributed by atoms with E-state index in [1.165, 1.54) is 28.8 Å². The SMILES string of the molecule is CCCC/C(=N\c1sc2c(c1C#N)CCCC2)c1ccccc1. The Hall–Kier alpha value is -1.92. The van der Waals surface area contributed by atoms with E-state index in [2.05, 4.69) is 37.3 Å². The number of aryl methyl sites for hydroxylation is 1. The van der Waals surface area contributed by atoms with Gasteiger partial charge < -0.3 is 0 Å². The van der Waals surface area contributed by atoms with Gasteiger partial charge in [-0.2, -0.15) is 5.26 Å². The summed E-state index contributed by atoms with van der Waals surface area (Å²) in [6.45, 7) is 2.20. The Labute approximate surface area is 142 Å². The average Bonchev–Trinajstić information content (AvgIpc) is 2.96. The number of hydrogen-bond acceptors (Lipinski definition) is 3. The van der Waals surface area contributed by atoms with Gasteiger partial charge in [0.05, 0.1) is 5.56 Å². The van der Waals surface area contributed by atoms with Crippen molar-refractivity contribution in [2.45, 2.75) is 51.9 Å². The first-order chi connectivity index (χ1) is 11.3. The fourth-order valence-corrected chi connectivity index (χ4v) is 4.34. The van der Waals surface area contributed by atoms with Gasteiger partial charge in [0.15, 0.2) is 0 Å². The van der Waals surface area contributed by atoms with Crippen LogP contribution in [0.3, 0.4) is 0 Å². The van der Waals surface area contributed by atoms with Gasteiger partial charge in [0, 0.05) is 10.6 Å². The van der Waals surface area contributed by atoms with Crippen molar-refractivity contribution in [2.75, 3.05) is 0 Å². The predicted octanol–water partition coefficient (Wildman–Crippen LogP) is 5.81. The summed E-state index contributed by atoms with van der Waals surface area (Å²) in [4.78, 5) is 6.34. The highest BCUT2D eigenvalue weighted by Crippen LogP contribution is 2.39. The van der Waals surface area contributed by atoms with Crippen LogP contribution >= 0.6 is 11.3 Å². The zero-order chi connectivity index (χ0) is 16.1. The molecule has 1 aliphatic carbocycles. The van der Waals surface area contributed by atoms with E-state index in [1.807, 2.05) is 6.07 Å². The number of rotatable bonds is 5. The summed E-state index contributed by atoms with van der Waals surface area (Å²) in [6.07, 6.45) is 7.83. The molecule has 3 heteroatoms. The second kappa shape index (κ2) is 7.57. The molecule has 3 rings (SSSR count). The van der Waals surface area contributed by atoms with Crippen molar-refractivity contribution in [3.05, 3.63) is 51.9 Å². The summed E-state index contributed by atoms with van der Waals surface area (Å²) < 4.78 is 0. The number of aliphatic imine (C=N–C) groups is 1. The normalized spacial score (nSPS) is 14.3. The van der Waals surface area contributed by atoms with Crippen molar-refractivity contribution >= 4 is 22.0 Å². The molecule has 0 fully saturated rings. The molecular weight excluding hydrogens is 300 g/mol. The molecule has 1 aromatic heterocycles. The molecule has 0 saturated carbocycles. The first kappa shape index (κ1) is 16.0. The van der Waals surface area contributed by atoms with Crippen LogP contribution in [0.5, 0.6) is 0 Å². The summed E-state index contributed by atoms with van der Waals surface area (Å²) >= 11 is 1.73. The number of benzene rings is 1. The van der Waals surface area contributed by atoms with Crippen molar-refractivity contribution in [2.24, 2.45) is 4.99 Å². The molecule has 0 saturated heterocycles. The van der Waals surface area contributed by atoms with Crippen LogP contribution in [0.25, 0.3) is 0 Å². The highest BCUT2D eigenvalue weighted by molar-refractivity contribution is 7.16. The lowest BCUT2D eigenvalue weighted by Gasteiger charge is -2.09. The molecule has 2 nitrogen and oxygen atoms in total. The van der Waals surface area contributed by atoms with E-state index in [0.29, 0.717) is 0 Å². The van der Waals surface area contributed by atoms with Gasteiger partial charge in [0.25, 0.3) is 0 Å². The van der Waals surface area contributed by atoms with Crippen LogP contribution in [-0.4, -0.2) is 5.71 Å². The topological polar surface area (TPSA) is 36.1 Å². The van der Waals surface area contributed by atoms with Crippen LogP contribution in [0.15, 0.2) is 35.3 Å². The van der Waals surface area contributed by atoms with Gasteiger partial charge in [0.2, 0.25) is 0 Å². The third-order valence-electron chi connectivity index (χ3n) is 4.38. The molecule has 0 atom stereocenters. The molecule has 1 heterocycles. The molecule has 23 heavy (non-hydrogen) atoms. The van der Waals surface area contributed by atoms with Gasteiger partial charge in [-0.05, 0) is 49.7 Å². The lowest BCUT2D eigenvalue weighted by molar-refractivity contribution is 0.696. The summed E-state index contributed by atoms with van der Waals surface area (Å²) in [5.74, 6) is 0. The molecule has 1 aromatic carbocycles. The molecule has 0 aliphatic heterocycles. The van der Waals surface area contributed by atoms with Crippen LogP contribution < -0.4 is 0 Å². The Balaban J connectivity index is 2.02. The van der Waals surface area contributed by atoms with Crippen LogP contribution in [0, 0.1) is 11.3 Å². The van der Waals surface area contributed by atoms with Crippen LogP contribution in [-0.2, 0) is 12.8 Å². The smallest absolute Gasteiger partial charge is 0.134 e. The minimum atomic E-state index is 0.828. The van der Waals surface area contributed by atoms with Gasteiger partial charge in [-0.25, -0.2) is 4.99 Å². The Kier molecular flexibility index (Phi) is 5.25. The van der Waals surface area contributed by atoms with Crippen molar-refractivity contribution in [1.82, 2.24) is 0 Å². The molecule has 0 unspecified atom stereocenters. The standard InChI is InChI=1S/C20H22N2S/c1-2-3-12-18(15-9-5-4-6-10-15)22-20-17(14-21)16-11-7-8-13-19(16)23-20/h4-6,9-10H,2-3,7-8,11-13H2,1H3/b22-18+. The van der Waals surface area contributed by atoms with Gasteiger partial charge >= 0.3 is 0 Å². The van der Waals surface area contributed by atoms with Crippen LogP contribution in [0.1, 0.15) is 60.6 Å². The van der Waals surface area contributed by atoms with Crippen LogP contribution in [0.2, 0.25) is 0 Å². The maximum atomic E-state index is 9.61. The van der Waals surface area contributed by atoms with Crippen molar-refractivity contribution < 1.29 is 0 Å². The highest BCUT2D eigenvalue weighted by Gasteiger charge is 2.20. The summed E-state index contributed by atoms with van der Waals surface area (Å²) in [5.41, 5.74) is 4.39. The number of nitriles is 1. The number of hydrogen-bond donors (Lipinski definition) is 0. The number of thiophene rings is 1. The highest BCUT2D eigenvalue weighted by atomic mass is 32.1. The molecule has 1 aliphatic rings. The molecule has 0 radical (unpaired) electrons. The molecule has 118 valence electrons. The third-order valence-corrected chi connectivity index (χ3v) is 5.56. The van der Waals surface area contributed by atoms with Gasteiger partial charge in [-0.1, -0.05) is 43.7 Å². The van der Waals surface area contributed by atoms with E-state index in [9.17, 15) is 5.26 Å². The van der Waals surface area contributed by atoms with Gasteiger partial charge in [-0.15, -0.1) is 11.3 Å². The molecule has 0 amide bonds. The number of fused-ring (bicyclic) bond motifs is 1. The minimum Gasteiger partial charge on any atom is -0.241 e. The van der Waals surface area contributed by atoms with E-state index in [1.54, 1.807) is 11.3 Å². The Morgan fingerprint density at radius 3 is 2.74 bits per heavy atom. The fraction of sp³-hybridized carbons (Fsp3) is 0.400. The van der Waals surface area contributed by atoms with Crippen molar-refractivity contribution in [3.63, 3.8) is 0 Å². The molecule has 2 aromatic rings. The zero-order valence-corrected chi connectivity index (χ0v) is 14.5. The first-order valence-electron chi connectivity index (χ1n) is 8.51. The second-order valence-electron chi connectivity index (χ2n) is 6.03. The van der Waals surface area contributed by atoms with E-state index in [0.717, 1.165) is 48.4 Å². The van der Waals surface area contributed by atoms with Gasteiger partial charge in [-0.3, -0.25) is 0 Å². The Morgan fingerprint density at radius 1 is 1.22 bits per heavy atom. The zero-order valence-electron chi connectivity index (χ0n) is 13.6. The van der Waals surface area contributed by atoms with E-state index in [-0.39, 0.29) is 0 Å². The summed E-state index contributed by atoms with van der Waals surface area (Å²) in [7, 11) is 0. The minimum absolute atomic E-state index is 0.828. The lowest BCUT2D eigenvalue weighted by atomic mass is 9.96. The van der Waals surface area contributed by atoms with E-state index in [4.69, 9.17) is 4.99 Å². The maximum absolute atomic E-state index is 9.61. The monoisotopic (exact) mass is 322 g/mol. The fourth-order valence-electron chi connectivity index (χ4n) is 3.11. The molecule has 0 bridgehead atoms. The first-order valence-corrected chi connectivity index (χ1v) is 9.32. The van der Waals surface area contributed by atoms with Crippen molar-refractivity contribution in [1.29, 1.82) is 5.26 Å². The number of nitrogens with zero attached hydrogens (tertiary/aromatic N) is 2. The second-order valence-corrected chi connectivity index (χ2v) is 7.11. The average molecular weight is 322 g/mol. The Morgan fingerprint density at radius 2 is 2.00 bits per heavy atom. The molecular formula is C20H22N2S. The summed E-state index contributed by atoms with van der Waals surface area (Å²) in [5, 5.41) is 10.5. The van der Waals surface area contributed by atoms with E-state index >= 15 is 0 Å². The predicted molar refractivity (Wildman–Crippen MR) is 97.8 cm³/mol. The molecule has 0 N–H and O–H groups in total. The van der Waals surface area contributed by atoms with E-state index < -0.39 is 0 Å². The Bertz CT molecular complexity index is 735. The lowest BCUT2D eigenvalue weighted by Crippen LogP contribution is -2.01. The maximum Gasteiger partial charge on any atom is 0.134 e. The number of unbranched alkanes of at least 4 members (excludes halogenated alkanes) is 1. The molecule has 0 spiro atoms. The third kappa shape index (κ3) is 3.54. The van der Waals surface area contributed by atoms with Gasteiger partial charge in [0.1, 0.15) is 11.1 Å². The largest absolute Gasteiger partial charge is 0.241 e. The summed E-state index contributed by atoms with van der Waals surface area (Å²) in [6, 6.07) is 12.8. The van der Waals surface area contributed by atoms with Crippen molar-refractivity contribution in [3.8, 4) is 6.07 Å².